The van der Waals surface area contributed by atoms with Gasteiger partial charge < -0.3 is 19.0 Å². The number of nitrogens with zero attached hydrogens (tertiary/aromatic N) is 1. The summed E-state index contributed by atoms with van der Waals surface area (Å²) in [5.41, 5.74) is 3.89. The number of hydrogen-bond acceptors (Lipinski definition) is 3. The van der Waals surface area contributed by atoms with Crippen LogP contribution in [0.15, 0.2) is 28.9 Å². The molecule has 4 nitrogen and oxygen atoms in total. The van der Waals surface area contributed by atoms with Gasteiger partial charge in [0.05, 0.1) is 19.4 Å². The lowest BCUT2D eigenvalue weighted by Crippen LogP contribution is -2.18. The molecule has 1 N–H and O–H groups in total. The van der Waals surface area contributed by atoms with Crippen LogP contribution in [-0.4, -0.2) is 24.8 Å². The van der Waals surface area contributed by atoms with Crippen molar-refractivity contribution in [1.29, 1.82) is 0 Å². The fourth-order valence-electron chi connectivity index (χ4n) is 2.25. The van der Waals surface area contributed by atoms with E-state index in [9.17, 15) is 0 Å². The van der Waals surface area contributed by atoms with Crippen LogP contribution in [0.1, 0.15) is 22.7 Å². The van der Waals surface area contributed by atoms with Gasteiger partial charge in [0.2, 0.25) is 0 Å². The third-order valence-corrected chi connectivity index (χ3v) is 3.37. The average molecular weight is 262 g/mol. The summed E-state index contributed by atoms with van der Waals surface area (Å²) in [5, 5.41) is 3.38. The van der Waals surface area contributed by atoms with Gasteiger partial charge in [-0.05, 0) is 37.6 Å². The number of aromatic nitrogens is 1. The van der Waals surface area contributed by atoms with Crippen LogP contribution in [0, 0.1) is 13.8 Å². The molecule has 0 unspecified atom stereocenters. The van der Waals surface area contributed by atoms with Crippen molar-refractivity contribution in [3.63, 3.8) is 0 Å². The van der Waals surface area contributed by atoms with Gasteiger partial charge >= 0.3 is 0 Å². The van der Waals surface area contributed by atoms with Crippen LogP contribution in [0.3, 0.4) is 0 Å². The average Bonchev–Trinajstić information content (AvgIpc) is 2.99. The van der Waals surface area contributed by atoms with Crippen LogP contribution in [0.4, 0.5) is 0 Å². The number of rotatable bonds is 7. The third kappa shape index (κ3) is 3.49. The SMILES string of the molecule is COCCNCc1cc(C)n(Cc2ccco2)c1C. The van der Waals surface area contributed by atoms with Gasteiger partial charge in [-0.25, -0.2) is 0 Å². The zero-order chi connectivity index (χ0) is 13.7. The summed E-state index contributed by atoms with van der Waals surface area (Å²) in [4.78, 5) is 0. The molecule has 0 bridgehead atoms. The van der Waals surface area contributed by atoms with Gasteiger partial charge in [-0.3, -0.25) is 0 Å². The topological polar surface area (TPSA) is 39.3 Å². The first-order valence-corrected chi connectivity index (χ1v) is 6.60. The molecule has 0 amide bonds. The number of nitrogens with one attached hydrogen (secondary N) is 1. The first-order chi connectivity index (χ1) is 9.22. The molecule has 4 heteroatoms. The molecule has 2 heterocycles. The number of ether oxygens (including phenoxy) is 1. The molecule has 0 fully saturated rings. The van der Waals surface area contributed by atoms with Crippen LogP contribution in [0.2, 0.25) is 0 Å². The Bertz CT molecular complexity index is 500. The monoisotopic (exact) mass is 262 g/mol. The maximum absolute atomic E-state index is 5.42. The zero-order valence-electron chi connectivity index (χ0n) is 11.9. The molecule has 19 heavy (non-hydrogen) atoms. The molecule has 0 radical (unpaired) electrons. The predicted molar refractivity (Wildman–Crippen MR) is 75.3 cm³/mol. The Morgan fingerprint density at radius 1 is 1.37 bits per heavy atom. The van der Waals surface area contributed by atoms with E-state index in [1.807, 2.05) is 12.1 Å². The van der Waals surface area contributed by atoms with Crippen molar-refractivity contribution in [2.75, 3.05) is 20.3 Å². The summed E-state index contributed by atoms with van der Waals surface area (Å²) in [5.74, 6) is 0.987. The highest BCUT2D eigenvalue weighted by Crippen LogP contribution is 2.17. The van der Waals surface area contributed by atoms with Crippen LogP contribution in [-0.2, 0) is 17.8 Å². The van der Waals surface area contributed by atoms with Crippen molar-refractivity contribution >= 4 is 0 Å². The fourth-order valence-corrected chi connectivity index (χ4v) is 2.25. The van der Waals surface area contributed by atoms with E-state index in [0.29, 0.717) is 0 Å². The van der Waals surface area contributed by atoms with Crippen molar-refractivity contribution in [2.45, 2.75) is 26.9 Å². The van der Waals surface area contributed by atoms with E-state index in [4.69, 9.17) is 9.15 Å². The summed E-state index contributed by atoms with van der Waals surface area (Å²) in [7, 11) is 1.72. The highest BCUT2D eigenvalue weighted by Gasteiger charge is 2.09. The van der Waals surface area contributed by atoms with Crippen LogP contribution in [0.5, 0.6) is 0 Å². The lowest BCUT2D eigenvalue weighted by atomic mass is 10.2. The second-order valence-corrected chi connectivity index (χ2v) is 4.73. The molecular weight excluding hydrogens is 240 g/mol. The van der Waals surface area contributed by atoms with E-state index in [0.717, 1.165) is 32.0 Å². The van der Waals surface area contributed by atoms with E-state index >= 15 is 0 Å². The minimum Gasteiger partial charge on any atom is -0.467 e. The molecule has 0 atom stereocenters. The van der Waals surface area contributed by atoms with Gasteiger partial charge in [-0.2, -0.15) is 0 Å². The summed E-state index contributed by atoms with van der Waals surface area (Å²) < 4.78 is 12.7. The maximum atomic E-state index is 5.42. The summed E-state index contributed by atoms with van der Waals surface area (Å²) in [6, 6.07) is 6.17. The van der Waals surface area contributed by atoms with Gasteiger partial charge in [0.1, 0.15) is 5.76 Å². The molecule has 0 aliphatic rings. The lowest BCUT2D eigenvalue weighted by molar-refractivity contribution is 0.199. The van der Waals surface area contributed by atoms with E-state index < -0.39 is 0 Å². The molecular formula is C15H22N2O2. The first kappa shape index (κ1) is 13.9. The normalized spacial score (nSPS) is 11.1. The van der Waals surface area contributed by atoms with E-state index in [1.54, 1.807) is 13.4 Å². The third-order valence-electron chi connectivity index (χ3n) is 3.37. The maximum Gasteiger partial charge on any atom is 0.123 e. The highest BCUT2D eigenvalue weighted by atomic mass is 16.5. The van der Waals surface area contributed by atoms with Crippen molar-refractivity contribution in [1.82, 2.24) is 9.88 Å². The fraction of sp³-hybridized carbons (Fsp3) is 0.467. The second-order valence-electron chi connectivity index (χ2n) is 4.73. The van der Waals surface area contributed by atoms with E-state index in [1.165, 1.54) is 17.0 Å². The molecule has 2 aromatic heterocycles. The van der Waals surface area contributed by atoms with Gasteiger partial charge in [0.15, 0.2) is 0 Å². The quantitative estimate of drug-likeness (QED) is 0.779. The number of furan rings is 1. The van der Waals surface area contributed by atoms with E-state index in [2.05, 4.69) is 29.8 Å². The number of hydrogen-bond donors (Lipinski definition) is 1. The van der Waals surface area contributed by atoms with Crippen LogP contribution >= 0.6 is 0 Å². The first-order valence-electron chi connectivity index (χ1n) is 6.60. The number of methoxy groups -OCH3 is 1. The zero-order valence-corrected chi connectivity index (χ0v) is 11.9. The molecule has 0 aliphatic carbocycles. The minimum absolute atomic E-state index is 0.741. The molecule has 0 saturated carbocycles. The Balaban J connectivity index is 2.02. The summed E-state index contributed by atoms with van der Waals surface area (Å²) in [6.45, 7) is 7.57. The van der Waals surface area contributed by atoms with Crippen LogP contribution in [0.25, 0.3) is 0 Å². The lowest BCUT2D eigenvalue weighted by Gasteiger charge is -2.08. The molecule has 0 aliphatic heterocycles. The van der Waals surface area contributed by atoms with Crippen molar-refractivity contribution in [3.05, 3.63) is 47.2 Å². The van der Waals surface area contributed by atoms with Crippen LogP contribution < -0.4 is 5.32 Å². The minimum atomic E-state index is 0.741. The largest absolute Gasteiger partial charge is 0.467 e. The highest BCUT2D eigenvalue weighted by molar-refractivity contribution is 5.27. The molecule has 0 spiro atoms. The Morgan fingerprint density at radius 2 is 2.21 bits per heavy atom. The van der Waals surface area contributed by atoms with E-state index in [-0.39, 0.29) is 0 Å². The Morgan fingerprint density at radius 3 is 2.89 bits per heavy atom. The molecule has 2 rings (SSSR count). The molecule has 2 aromatic rings. The van der Waals surface area contributed by atoms with Crippen molar-refractivity contribution in [3.8, 4) is 0 Å². The summed E-state index contributed by atoms with van der Waals surface area (Å²) >= 11 is 0. The standard InChI is InChI=1S/C15H22N2O2/c1-12-9-14(10-16-6-8-18-3)13(2)17(12)11-15-5-4-7-19-15/h4-5,7,9,16H,6,8,10-11H2,1-3H3. The molecule has 104 valence electrons. The summed E-state index contributed by atoms with van der Waals surface area (Å²) in [6.07, 6.45) is 1.72. The smallest absolute Gasteiger partial charge is 0.123 e. The van der Waals surface area contributed by atoms with Gasteiger partial charge in [-0.15, -0.1) is 0 Å². The molecule has 0 aromatic carbocycles. The Labute approximate surface area is 114 Å². The Kier molecular flexibility index (Phi) is 4.82. The Hall–Kier alpha value is -1.52. The predicted octanol–water partition coefficient (Wildman–Crippen LogP) is 2.48. The van der Waals surface area contributed by atoms with Gasteiger partial charge in [0, 0.05) is 31.6 Å². The number of aryl methyl sites for hydroxylation is 1. The van der Waals surface area contributed by atoms with Crippen molar-refractivity contribution in [2.24, 2.45) is 0 Å². The molecule has 0 saturated heterocycles. The van der Waals surface area contributed by atoms with Gasteiger partial charge in [-0.1, -0.05) is 0 Å². The van der Waals surface area contributed by atoms with Gasteiger partial charge in [0.25, 0.3) is 0 Å². The second kappa shape index (κ2) is 6.59. The van der Waals surface area contributed by atoms with Crippen molar-refractivity contribution < 1.29 is 9.15 Å².